The molecular weight excluding hydrogens is 513 g/mol. The lowest BCUT2D eigenvalue weighted by Gasteiger charge is -2.45. The lowest BCUT2D eigenvalue weighted by atomic mass is 10.0. The molecule has 4 aliphatic heterocycles. The number of nitrogens with zero attached hydrogens (tertiary/aromatic N) is 4. The van der Waals surface area contributed by atoms with Gasteiger partial charge in [0.25, 0.3) is 0 Å². The number of aliphatic hydroxyl groups excluding tert-OH is 1. The number of halogens is 1. The fourth-order valence-electron chi connectivity index (χ4n) is 6.75. The van der Waals surface area contributed by atoms with E-state index in [1.165, 1.54) is 25.0 Å². The predicted molar refractivity (Wildman–Crippen MR) is 149 cm³/mol. The number of carbonyl (C=O) groups excluding carboxylic acids is 1. The molecule has 1 aromatic carbocycles. The number of amides is 1. The number of hydrogen-bond acceptors (Lipinski definition) is 8. The Morgan fingerprint density at radius 2 is 1.90 bits per heavy atom. The molecule has 5 atom stereocenters. The maximum atomic E-state index is 14.0. The summed E-state index contributed by atoms with van der Waals surface area (Å²) in [4.78, 5) is 25.4. The molecule has 0 saturated carbocycles. The number of anilines is 1. The van der Waals surface area contributed by atoms with Gasteiger partial charge in [-0.3, -0.25) is 14.6 Å². The molecule has 1 aromatic heterocycles. The molecule has 0 radical (unpaired) electrons. The maximum Gasteiger partial charge on any atom is 0.241 e. The number of nitrogens with one attached hydrogen (secondary N) is 1. The Bertz CT molecular complexity index is 1200. The van der Waals surface area contributed by atoms with Crippen molar-refractivity contribution in [1.82, 2.24) is 20.1 Å². The Morgan fingerprint density at radius 3 is 2.62 bits per heavy atom. The quantitative estimate of drug-likeness (QED) is 0.538. The van der Waals surface area contributed by atoms with Crippen LogP contribution in [0.4, 0.5) is 10.1 Å². The van der Waals surface area contributed by atoms with E-state index in [4.69, 9.17) is 9.47 Å². The number of rotatable bonds is 7. The third-order valence-corrected chi connectivity index (χ3v) is 8.90. The molecule has 3 saturated heterocycles. The second kappa shape index (κ2) is 11.7. The number of aliphatic hydroxyl groups is 1. The Balaban J connectivity index is 1.23. The largest absolute Gasteiger partial charge is 0.474 e. The molecule has 0 aliphatic carbocycles. The summed E-state index contributed by atoms with van der Waals surface area (Å²) >= 11 is 0. The lowest BCUT2D eigenvalue weighted by Crippen LogP contribution is -2.63. The van der Waals surface area contributed by atoms with Gasteiger partial charge in [-0.2, -0.15) is 0 Å². The van der Waals surface area contributed by atoms with Crippen molar-refractivity contribution in [2.75, 3.05) is 50.9 Å². The summed E-state index contributed by atoms with van der Waals surface area (Å²) in [5, 5.41) is 13.7. The molecule has 40 heavy (non-hydrogen) atoms. The second-order valence-electron chi connectivity index (χ2n) is 11.8. The van der Waals surface area contributed by atoms with Crippen LogP contribution in [0.25, 0.3) is 0 Å². The van der Waals surface area contributed by atoms with Crippen molar-refractivity contribution >= 4 is 11.6 Å². The van der Waals surface area contributed by atoms with Crippen LogP contribution < -0.4 is 15.0 Å². The molecule has 2 aromatic rings. The highest BCUT2D eigenvalue weighted by atomic mass is 19.1. The van der Waals surface area contributed by atoms with E-state index in [-0.39, 0.29) is 30.4 Å². The van der Waals surface area contributed by atoms with Gasteiger partial charge in [0.05, 0.1) is 38.1 Å². The zero-order valence-corrected chi connectivity index (χ0v) is 23.4. The van der Waals surface area contributed by atoms with Crippen molar-refractivity contribution in [3.05, 3.63) is 53.0 Å². The van der Waals surface area contributed by atoms with Crippen LogP contribution in [0, 0.1) is 5.82 Å². The molecule has 10 heteroatoms. The number of morpholine rings is 1. The van der Waals surface area contributed by atoms with Gasteiger partial charge in [-0.05, 0) is 62.4 Å². The molecule has 4 aliphatic rings. The van der Waals surface area contributed by atoms with E-state index in [1.807, 2.05) is 17.9 Å². The number of pyridine rings is 1. The Hall–Kier alpha value is -2.63. The first-order valence-electron chi connectivity index (χ1n) is 14.5. The Labute approximate surface area is 235 Å². The van der Waals surface area contributed by atoms with Gasteiger partial charge in [0.1, 0.15) is 18.1 Å². The van der Waals surface area contributed by atoms with E-state index in [0.717, 1.165) is 44.0 Å². The highest BCUT2D eigenvalue weighted by Crippen LogP contribution is 2.35. The van der Waals surface area contributed by atoms with Gasteiger partial charge in [-0.15, -0.1) is 0 Å². The van der Waals surface area contributed by atoms with E-state index in [9.17, 15) is 14.3 Å². The van der Waals surface area contributed by atoms with E-state index in [1.54, 1.807) is 12.1 Å². The first-order chi connectivity index (χ1) is 19.4. The van der Waals surface area contributed by atoms with Gasteiger partial charge in [0.15, 0.2) is 0 Å². The van der Waals surface area contributed by atoms with E-state index >= 15 is 0 Å². The molecule has 2 bridgehead atoms. The summed E-state index contributed by atoms with van der Waals surface area (Å²) in [6.45, 7) is 8.76. The topological polar surface area (TPSA) is 90.4 Å². The smallest absolute Gasteiger partial charge is 0.241 e. The minimum absolute atomic E-state index is 0.0207. The fraction of sp³-hybridized carbons (Fsp3) is 0.600. The standard InChI is InChI=1S/C30H40FN5O4/c1-19-12-34(26(11-32-19)13-35-24-7-8-25(35)18-39-17-24)14-29(38)36-20(2)16-40-30-28(36)10-22(27(15-37)33-30)9-21-3-5-23(31)6-4-21/h3-6,10,19-20,24-26,32,37H,7-9,11-18H2,1-2H3/t19-,20+,24?,25?,26-/m1/s1. The van der Waals surface area contributed by atoms with Crippen LogP contribution in [-0.2, 0) is 22.6 Å². The molecule has 0 spiro atoms. The highest BCUT2D eigenvalue weighted by Gasteiger charge is 2.41. The van der Waals surface area contributed by atoms with Gasteiger partial charge in [-0.1, -0.05) is 12.1 Å². The number of hydrogen-bond donors (Lipinski definition) is 2. The number of aromatic nitrogens is 1. The van der Waals surface area contributed by atoms with Crippen LogP contribution in [0.15, 0.2) is 30.3 Å². The highest BCUT2D eigenvalue weighted by molar-refractivity contribution is 5.97. The molecule has 216 valence electrons. The van der Waals surface area contributed by atoms with Crippen molar-refractivity contribution in [1.29, 1.82) is 0 Å². The van der Waals surface area contributed by atoms with E-state index in [2.05, 4.69) is 27.0 Å². The van der Waals surface area contributed by atoms with Crippen LogP contribution in [0.3, 0.4) is 0 Å². The molecule has 1 amide bonds. The van der Waals surface area contributed by atoms with Gasteiger partial charge in [0.2, 0.25) is 11.8 Å². The number of benzene rings is 1. The van der Waals surface area contributed by atoms with E-state index in [0.29, 0.717) is 55.0 Å². The van der Waals surface area contributed by atoms with Crippen molar-refractivity contribution in [3.63, 3.8) is 0 Å². The summed E-state index contributed by atoms with van der Waals surface area (Å²) in [5.74, 6) is 0.0939. The lowest BCUT2D eigenvalue weighted by molar-refractivity contribution is -0.121. The molecule has 2 N–H and O–H groups in total. The van der Waals surface area contributed by atoms with Crippen LogP contribution in [0.1, 0.15) is 43.5 Å². The fourth-order valence-corrected chi connectivity index (χ4v) is 6.75. The molecule has 3 fully saturated rings. The average molecular weight is 554 g/mol. The number of piperazine rings is 1. The summed E-state index contributed by atoms with van der Waals surface area (Å²) in [6.07, 6.45) is 2.84. The van der Waals surface area contributed by atoms with Gasteiger partial charge < -0.3 is 24.8 Å². The van der Waals surface area contributed by atoms with Crippen LogP contribution in [0.2, 0.25) is 0 Å². The monoisotopic (exact) mass is 553 g/mol. The van der Waals surface area contributed by atoms with E-state index < -0.39 is 0 Å². The molecule has 6 rings (SSSR count). The van der Waals surface area contributed by atoms with Crippen LogP contribution in [-0.4, -0.2) is 102 Å². The molecular formula is C30H40FN5O4. The third kappa shape index (κ3) is 5.60. The van der Waals surface area contributed by atoms with Crippen molar-refractivity contribution in [2.45, 2.75) is 69.9 Å². The van der Waals surface area contributed by atoms with Gasteiger partial charge >= 0.3 is 0 Å². The first-order valence-corrected chi connectivity index (χ1v) is 14.5. The first kappa shape index (κ1) is 27.5. The average Bonchev–Trinajstić information content (AvgIpc) is 3.15. The minimum Gasteiger partial charge on any atom is -0.474 e. The normalized spacial score (nSPS) is 28.8. The van der Waals surface area contributed by atoms with Crippen molar-refractivity contribution in [3.8, 4) is 5.88 Å². The van der Waals surface area contributed by atoms with Crippen molar-refractivity contribution < 1.29 is 23.8 Å². The summed E-state index contributed by atoms with van der Waals surface area (Å²) < 4.78 is 25.2. The Kier molecular flexibility index (Phi) is 8.05. The molecule has 9 nitrogen and oxygen atoms in total. The minimum atomic E-state index is -0.296. The predicted octanol–water partition coefficient (Wildman–Crippen LogP) is 1.94. The summed E-state index contributed by atoms with van der Waals surface area (Å²) in [6, 6.07) is 9.55. The zero-order valence-electron chi connectivity index (χ0n) is 23.4. The van der Waals surface area contributed by atoms with Gasteiger partial charge in [-0.25, -0.2) is 9.37 Å². The van der Waals surface area contributed by atoms with Crippen molar-refractivity contribution in [2.24, 2.45) is 0 Å². The van der Waals surface area contributed by atoms with Crippen LogP contribution in [0.5, 0.6) is 5.88 Å². The molecule has 5 heterocycles. The molecule has 2 unspecified atom stereocenters. The van der Waals surface area contributed by atoms with Gasteiger partial charge in [0, 0.05) is 43.8 Å². The van der Waals surface area contributed by atoms with Crippen LogP contribution >= 0.6 is 0 Å². The zero-order chi connectivity index (χ0) is 27.8. The Morgan fingerprint density at radius 1 is 1.15 bits per heavy atom. The number of fused-ring (bicyclic) bond motifs is 3. The summed E-state index contributed by atoms with van der Waals surface area (Å²) in [7, 11) is 0. The third-order valence-electron chi connectivity index (χ3n) is 8.90. The number of ether oxygens (including phenoxy) is 2. The SMILES string of the molecule is C[C@@H]1CN(CC(=O)N2c3cc(Cc4ccc(F)cc4)c(CO)nc3OC[C@@H]2C)[C@@H](CN2C3CCC2COC3)CN1. The number of carbonyl (C=O) groups is 1. The second-order valence-corrected chi connectivity index (χ2v) is 11.8. The summed E-state index contributed by atoms with van der Waals surface area (Å²) in [5.41, 5.74) is 2.82. The maximum absolute atomic E-state index is 14.0.